The van der Waals surface area contributed by atoms with Gasteiger partial charge in [0.15, 0.2) is 0 Å². The standard InChI is InChI=1S/C14H22BrNO3S/c1-5-16(8-10(2)3)20(18,19)13-7-12(9-17)6-11(4)14(13)15/h6-7,10,17H,5,8-9H2,1-4H3. The minimum atomic E-state index is -3.56. The lowest BCUT2D eigenvalue weighted by molar-refractivity contribution is 0.281. The van der Waals surface area contributed by atoms with Gasteiger partial charge in [-0.3, -0.25) is 0 Å². The Labute approximate surface area is 130 Å². The van der Waals surface area contributed by atoms with Crippen molar-refractivity contribution in [2.75, 3.05) is 13.1 Å². The van der Waals surface area contributed by atoms with Crippen molar-refractivity contribution in [2.24, 2.45) is 5.92 Å². The molecule has 0 aliphatic heterocycles. The highest BCUT2D eigenvalue weighted by molar-refractivity contribution is 9.10. The molecule has 0 saturated carbocycles. The summed E-state index contributed by atoms with van der Waals surface area (Å²) in [7, 11) is -3.56. The van der Waals surface area contributed by atoms with Gasteiger partial charge in [-0.25, -0.2) is 8.42 Å². The van der Waals surface area contributed by atoms with E-state index < -0.39 is 10.0 Å². The largest absolute Gasteiger partial charge is 0.392 e. The number of hydrogen-bond donors (Lipinski definition) is 1. The molecule has 20 heavy (non-hydrogen) atoms. The Kier molecular flexibility index (Phi) is 6.19. The van der Waals surface area contributed by atoms with E-state index in [1.54, 1.807) is 6.07 Å². The fourth-order valence-corrected chi connectivity index (χ4v) is 4.67. The van der Waals surface area contributed by atoms with E-state index in [0.29, 0.717) is 23.1 Å². The van der Waals surface area contributed by atoms with Crippen molar-refractivity contribution < 1.29 is 13.5 Å². The van der Waals surface area contributed by atoms with Crippen molar-refractivity contribution in [2.45, 2.75) is 39.2 Å². The molecule has 0 amide bonds. The second-order valence-corrected chi connectivity index (χ2v) is 7.93. The number of halogens is 1. The number of rotatable bonds is 6. The normalized spacial score (nSPS) is 12.4. The van der Waals surface area contributed by atoms with E-state index in [-0.39, 0.29) is 17.4 Å². The van der Waals surface area contributed by atoms with Crippen molar-refractivity contribution >= 4 is 26.0 Å². The molecule has 0 saturated heterocycles. The fourth-order valence-electron chi connectivity index (χ4n) is 2.03. The fraction of sp³-hybridized carbons (Fsp3) is 0.571. The molecular formula is C14H22BrNO3S. The summed E-state index contributed by atoms with van der Waals surface area (Å²) in [6.07, 6.45) is 0. The number of benzene rings is 1. The summed E-state index contributed by atoms with van der Waals surface area (Å²) < 4.78 is 27.5. The molecule has 0 bridgehead atoms. The molecule has 0 heterocycles. The van der Waals surface area contributed by atoms with E-state index in [2.05, 4.69) is 15.9 Å². The van der Waals surface area contributed by atoms with E-state index in [1.807, 2.05) is 27.7 Å². The second-order valence-electron chi connectivity index (χ2n) is 5.23. The third-order valence-corrected chi connectivity index (χ3v) is 6.28. The smallest absolute Gasteiger partial charge is 0.244 e. The lowest BCUT2D eigenvalue weighted by Gasteiger charge is -2.23. The van der Waals surface area contributed by atoms with Gasteiger partial charge < -0.3 is 5.11 Å². The summed E-state index contributed by atoms with van der Waals surface area (Å²) in [5, 5.41) is 9.26. The van der Waals surface area contributed by atoms with Gasteiger partial charge >= 0.3 is 0 Å². The Morgan fingerprint density at radius 1 is 1.35 bits per heavy atom. The molecule has 1 aromatic rings. The summed E-state index contributed by atoms with van der Waals surface area (Å²) in [6, 6.07) is 3.32. The van der Waals surface area contributed by atoms with Crippen LogP contribution in [0, 0.1) is 12.8 Å². The first-order chi connectivity index (χ1) is 9.23. The SMILES string of the molecule is CCN(CC(C)C)S(=O)(=O)c1cc(CO)cc(C)c1Br. The molecule has 0 fully saturated rings. The highest BCUT2D eigenvalue weighted by atomic mass is 79.9. The maximum Gasteiger partial charge on any atom is 0.244 e. The molecule has 0 aromatic heterocycles. The number of hydrogen-bond acceptors (Lipinski definition) is 3. The zero-order chi connectivity index (χ0) is 15.5. The topological polar surface area (TPSA) is 57.6 Å². The molecule has 1 rings (SSSR count). The number of nitrogens with zero attached hydrogens (tertiary/aromatic N) is 1. The molecule has 114 valence electrons. The van der Waals surface area contributed by atoms with Gasteiger partial charge in [0.2, 0.25) is 10.0 Å². The Morgan fingerprint density at radius 2 is 1.95 bits per heavy atom. The van der Waals surface area contributed by atoms with Gasteiger partial charge in [0.1, 0.15) is 0 Å². The highest BCUT2D eigenvalue weighted by Gasteiger charge is 2.27. The van der Waals surface area contributed by atoms with Crippen LogP contribution >= 0.6 is 15.9 Å². The van der Waals surface area contributed by atoms with Gasteiger partial charge in [0, 0.05) is 17.6 Å². The van der Waals surface area contributed by atoms with Crippen LogP contribution in [-0.2, 0) is 16.6 Å². The van der Waals surface area contributed by atoms with Gasteiger partial charge in [-0.1, -0.05) is 26.8 Å². The van der Waals surface area contributed by atoms with E-state index in [0.717, 1.165) is 5.56 Å². The summed E-state index contributed by atoms with van der Waals surface area (Å²) in [6.45, 7) is 8.36. The maximum absolute atomic E-state index is 12.8. The molecule has 0 spiro atoms. The van der Waals surface area contributed by atoms with Crippen LogP contribution in [0.4, 0.5) is 0 Å². The van der Waals surface area contributed by atoms with Crippen molar-refractivity contribution in [3.8, 4) is 0 Å². The van der Waals surface area contributed by atoms with Crippen molar-refractivity contribution in [3.63, 3.8) is 0 Å². The third-order valence-electron chi connectivity index (χ3n) is 3.00. The summed E-state index contributed by atoms with van der Waals surface area (Å²) in [5.41, 5.74) is 1.40. The zero-order valence-corrected chi connectivity index (χ0v) is 14.8. The molecule has 0 aliphatic rings. The number of aliphatic hydroxyl groups excluding tert-OH is 1. The zero-order valence-electron chi connectivity index (χ0n) is 12.4. The average molecular weight is 364 g/mol. The van der Waals surface area contributed by atoms with Crippen LogP contribution in [0.2, 0.25) is 0 Å². The second kappa shape index (κ2) is 7.02. The minimum Gasteiger partial charge on any atom is -0.392 e. The number of aryl methyl sites for hydroxylation is 1. The van der Waals surface area contributed by atoms with Crippen LogP contribution in [0.1, 0.15) is 31.9 Å². The summed E-state index contributed by atoms with van der Waals surface area (Å²) in [5.74, 6) is 0.255. The lowest BCUT2D eigenvalue weighted by Crippen LogP contribution is -2.34. The quantitative estimate of drug-likeness (QED) is 0.845. The minimum absolute atomic E-state index is 0.174. The van der Waals surface area contributed by atoms with E-state index in [1.165, 1.54) is 10.4 Å². The Morgan fingerprint density at radius 3 is 2.40 bits per heavy atom. The lowest BCUT2D eigenvalue weighted by atomic mass is 10.1. The first-order valence-electron chi connectivity index (χ1n) is 6.64. The van der Waals surface area contributed by atoms with E-state index in [4.69, 9.17) is 0 Å². The van der Waals surface area contributed by atoms with Crippen LogP contribution < -0.4 is 0 Å². The van der Waals surface area contributed by atoms with Gasteiger partial charge in [-0.15, -0.1) is 0 Å². The van der Waals surface area contributed by atoms with Crippen molar-refractivity contribution in [3.05, 3.63) is 27.7 Å². The molecule has 1 aromatic carbocycles. The summed E-state index contributed by atoms with van der Waals surface area (Å²) in [4.78, 5) is 0.226. The highest BCUT2D eigenvalue weighted by Crippen LogP contribution is 2.30. The first-order valence-corrected chi connectivity index (χ1v) is 8.87. The Balaban J connectivity index is 3.37. The predicted octanol–water partition coefficient (Wildman–Crippen LogP) is 2.92. The molecule has 0 aliphatic carbocycles. The van der Waals surface area contributed by atoms with Gasteiger partial charge in [-0.05, 0) is 46.0 Å². The third kappa shape index (κ3) is 3.81. The van der Waals surface area contributed by atoms with Crippen LogP contribution in [0.3, 0.4) is 0 Å². The van der Waals surface area contributed by atoms with E-state index >= 15 is 0 Å². The molecule has 4 nitrogen and oxygen atoms in total. The number of aliphatic hydroxyl groups is 1. The van der Waals surface area contributed by atoms with Gasteiger partial charge in [0.05, 0.1) is 11.5 Å². The van der Waals surface area contributed by atoms with Gasteiger partial charge in [0.25, 0.3) is 0 Å². The molecule has 1 N–H and O–H groups in total. The van der Waals surface area contributed by atoms with Crippen LogP contribution in [0.25, 0.3) is 0 Å². The maximum atomic E-state index is 12.8. The van der Waals surface area contributed by atoms with E-state index in [9.17, 15) is 13.5 Å². The van der Waals surface area contributed by atoms with Gasteiger partial charge in [-0.2, -0.15) is 4.31 Å². The monoisotopic (exact) mass is 363 g/mol. The number of sulfonamides is 1. The van der Waals surface area contributed by atoms with Crippen molar-refractivity contribution in [1.29, 1.82) is 0 Å². The Hall–Kier alpha value is -0.430. The average Bonchev–Trinajstić information content (AvgIpc) is 2.38. The molecule has 0 atom stereocenters. The molecule has 6 heteroatoms. The Bertz CT molecular complexity index is 570. The van der Waals surface area contributed by atoms with Crippen molar-refractivity contribution in [1.82, 2.24) is 4.31 Å². The van der Waals surface area contributed by atoms with Crippen LogP contribution in [0.5, 0.6) is 0 Å². The summed E-state index contributed by atoms with van der Waals surface area (Å²) >= 11 is 3.36. The molecule has 0 radical (unpaired) electrons. The first kappa shape index (κ1) is 17.6. The predicted molar refractivity (Wildman–Crippen MR) is 84.1 cm³/mol. The van der Waals surface area contributed by atoms with Crippen LogP contribution in [0.15, 0.2) is 21.5 Å². The van der Waals surface area contributed by atoms with Crippen LogP contribution in [-0.4, -0.2) is 30.9 Å². The molecular weight excluding hydrogens is 342 g/mol. The molecule has 0 unspecified atom stereocenters.